The van der Waals surface area contributed by atoms with E-state index in [0.717, 1.165) is 0 Å². The second-order valence-electron chi connectivity index (χ2n) is 3.05. The first kappa shape index (κ1) is 9.97. The van der Waals surface area contributed by atoms with Gasteiger partial charge in [0, 0.05) is 5.69 Å². The molecule has 16 heavy (non-hydrogen) atoms. The zero-order valence-corrected chi connectivity index (χ0v) is 8.14. The highest BCUT2D eigenvalue weighted by atomic mass is 16.3. The molecule has 7 nitrogen and oxygen atoms in total. The molecule has 2 aromatic rings. The van der Waals surface area contributed by atoms with Crippen LogP contribution >= 0.6 is 0 Å². The van der Waals surface area contributed by atoms with Gasteiger partial charge in [0.1, 0.15) is 5.75 Å². The van der Waals surface area contributed by atoms with E-state index in [1.165, 1.54) is 12.1 Å². The van der Waals surface area contributed by atoms with E-state index in [0.29, 0.717) is 5.69 Å². The van der Waals surface area contributed by atoms with Crippen LogP contribution in [0.1, 0.15) is 0 Å². The Bertz CT molecular complexity index is 549. The van der Waals surface area contributed by atoms with Gasteiger partial charge in [-0.05, 0) is 24.3 Å². The van der Waals surface area contributed by atoms with Crippen molar-refractivity contribution in [2.24, 2.45) is 0 Å². The van der Waals surface area contributed by atoms with Gasteiger partial charge in [0.05, 0.1) is 0 Å². The van der Waals surface area contributed by atoms with E-state index in [-0.39, 0.29) is 17.4 Å². The first-order valence-corrected chi connectivity index (χ1v) is 4.43. The van der Waals surface area contributed by atoms with Gasteiger partial charge in [0.25, 0.3) is 0 Å². The van der Waals surface area contributed by atoms with Crippen LogP contribution in [0.3, 0.4) is 0 Å². The quantitative estimate of drug-likeness (QED) is 0.536. The third kappa shape index (κ3) is 2.08. The van der Waals surface area contributed by atoms with Gasteiger partial charge < -0.3 is 16.2 Å². The number of aromatic amines is 1. The molecule has 0 amide bonds. The van der Waals surface area contributed by atoms with Crippen LogP contribution in [0.5, 0.6) is 5.75 Å². The average molecular weight is 219 g/mol. The summed E-state index contributed by atoms with van der Waals surface area (Å²) in [6.07, 6.45) is 0. The Kier molecular flexibility index (Phi) is 2.42. The normalized spacial score (nSPS) is 10.0. The van der Waals surface area contributed by atoms with E-state index in [9.17, 15) is 4.79 Å². The largest absolute Gasteiger partial charge is 0.508 e. The number of hydrogen-bond donors (Lipinski definition) is 4. The van der Waals surface area contributed by atoms with Crippen molar-refractivity contribution >= 4 is 17.3 Å². The summed E-state index contributed by atoms with van der Waals surface area (Å²) in [5, 5.41) is 17.8. The van der Waals surface area contributed by atoms with Crippen LogP contribution in [-0.2, 0) is 0 Å². The highest BCUT2D eigenvalue weighted by Crippen LogP contribution is 2.19. The number of nitrogens with two attached hydrogens (primary N) is 1. The number of anilines is 3. The lowest BCUT2D eigenvalue weighted by atomic mass is 10.3. The summed E-state index contributed by atoms with van der Waals surface area (Å²) in [6.45, 7) is 0. The van der Waals surface area contributed by atoms with Crippen molar-refractivity contribution in [1.82, 2.24) is 15.2 Å². The van der Waals surface area contributed by atoms with Crippen molar-refractivity contribution in [2.75, 3.05) is 11.1 Å². The maximum absolute atomic E-state index is 10.8. The van der Waals surface area contributed by atoms with Crippen LogP contribution in [0, 0.1) is 0 Å². The van der Waals surface area contributed by atoms with Crippen LogP contribution < -0.4 is 16.7 Å². The maximum Gasteiger partial charge on any atom is 0.363 e. The predicted molar refractivity (Wildman–Crippen MR) is 58.5 cm³/mol. The fourth-order valence-corrected chi connectivity index (χ4v) is 1.12. The van der Waals surface area contributed by atoms with Crippen molar-refractivity contribution < 1.29 is 5.11 Å². The molecule has 0 atom stereocenters. The molecular formula is C9H9N5O2. The van der Waals surface area contributed by atoms with E-state index in [1.807, 2.05) is 0 Å². The number of nitrogens with zero attached hydrogens (tertiary/aromatic N) is 2. The van der Waals surface area contributed by atoms with Gasteiger partial charge in [-0.1, -0.05) is 0 Å². The lowest BCUT2D eigenvalue weighted by Gasteiger charge is -2.05. The van der Waals surface area contributed by atoms with Gasteiger partial charge in [-0.15, -0.1) is 5.10 Å². The molecular weight excluding hydrogens is 210 g/mol. The molecule has 7 heteroatoms. The van der Waals surface area contributed by atoms with E-state index in [1.54, 1.807) is 12.1 Å². The number of H-pyrrole nitrogens is 1. The summed E-state index contributed by atoms with van der Waals surface area (Å²) < 4.78 is 0. The summed E-state index contributed by atoms with van der Waals surface area (Å²) in [7, 11) is 0. The zero-order valence-electron chi connectivity index (χ0n) is 8.14. The highest BCUT2D eigenvalue weighted by Gasteiger charge is 2.03. The molecule has 0 unspecified atom stereocenters. The molecule has 1 aromatic heterocycles. The van der Waals surface area contributed by atoms with Gasteiger partial charge in [-0.2, -0.15) is 4.98 Å². The number of phenols is 1. The second-order valence-corrected chi connectivity index (χ2v) is 3.05. The number of benzene rings is 1. The van der Waals surface area contributed by atoms with Gasteiger partial charge in [0.15, 0.2) is 11.6 Å². The zero-order chi connectivity index (χ0) is 11.5. The lowest BCUT2D eigenvalue weighted by molar-refractivity contribution is 0.475. The summed E-state index contributed by atoms with van der Waals surface area (Å²) in [4.78, 5) is 14.2. The molecule has 82 valence electrons. The summed E-state index contributed by atoms with van der Waals surface area (Å²) in [5.41, 5.74) is 5.56. The molecule has 0 spiro atoms. The minimum Gasteiger partial charge on any atom is -0.508 e. The Balaban J connectivity index is 2.27. The lowest BCUT2D eigenvalue weighted by Crippen LogP contribution is -2.16. The smallest absolute Gasteiger partial charge is 0.363 e. The first-order chi connectivity index (χ1) is 7.65. The summed E-state index contributed by atoms with van der Waals surface area (Å²) >= 11 is 0. The van der Waals surface area contributed by atoms with E-state index in [2.05, 4.69) is 20.5 Å². The van der Waals surface area contributed by atoms with Crippen LogP contribution in [0.25, 0.3) is 0 Å². The van der Waals surface area contributed by atoms with Crippen molar-refractivity contribution in [1.29, 1.82) is 0 Å². The highest BCUT2D eigenvalue weighted by molar-refractivity contribution is 5.64. The molecule has 0 bridgehead atoms. The first-order valence-electron chi connectivity index (χ1n) is 4.43. The Hall–Kier alpha value is -2.57. The number of aromatic hydroxyl groups is 1. The van der Waals surface area contributed by atoms with Crippen LogP contribution in [-0.4, -0.2) is 20.3 Å². The molecule has 0 fully saturated rings. The Labute approximate surface area is 90.0 Å². The molecule has 0 aliphatic rings. The van der Waals surface area contributed by atoms with Crippen molar-refractivity contribution in [2.45, 2.75) is 0 Å². The van der Waals surface area contributed by atoms with Crippen molar-refractivity contribution in [3.05, 3.63) is 34.7 Å². The van der Waals surface area contributed by atoms with Gasteiger partial charge in [-0.3, -0.25) is 0 Å². The number of rotatable bonds is 2. The molecule has 0 saturated carbocycles. The molecule has 1 aromatic carbocycles. The molecule has 0 aliphatic heterocycles. The molecule has 5 N–H and O–H groups in total. The van der Waals surface area contributed by atoms with Gasteiger partial charge >= 0.3 is 5.69 Å². The van der Waals surface area contributed by atoms with Gasteiger partial charge in [-0.25, -0.2) is 9.89 Å². The number of nitrogen functional groups attached to an aromatic ring is 1. The molecule has 2 rings (SSSR count). The predicted octanol–water partition coefficient (Wildman–Crippen LogP) is 0.196. The minimum atomic E-state index is -0.603. The van der Waals surface area contributed by atoms with E-state index >= 15 is 0 Å². The Morgan fingerprint density at radius 3 is 2.62 bits per heavy atom. The molecule has 1 heterocycles. The molecule has 0 saturated heterocycles. The van der Waals surface area contributed by atoms with Crippen LogP contribution in [0.15, 0.2) is 29.1 Å². The summed E-state index contributed by atoms with van der Waals surface area (Å²) in [5.74, 6) is 0.424. The standard InChI is InChI=1S/C9H9N5O2/c10-7-8(13-14-9(16)12-7)11-5-1-3-6(15)4-2-5/h1-4,15H,(H,11,13)(H3,10,12,14,16). The van der Waals surface area contributed by atoms with E-state index < -0.39 is 5.69 Å². The van der Waals surface area contributed by atoms with Crippen LogP contribution in [0.4, 0.5) is 17.3 Å². The fourth-order valence-electron chi connectivity index (χ4n) is 1.12. The Morgan fingerprint density at radius 1 is 1.31 bits per heavy atom. The van der Waals surface area contributed by atoms with Crippen molar-refractivity contribution in [3.8, 4) is 5.75 Å². The molecule has 0 aliphatic carbocycles. The summed E-state index contributed by atoms with van der Waals surface area (Å²) in [6, 6.07) is 6.30. The maximum atomic E-state index is 10.8. The average Bonchev–Trinajstić information content (AvgIpc) is 2.25. The number of nitrogens with one attached hydrogen (secondary N) is 2. The van der Waals surface area contributed by atoms with E-state index in [4.69, 9.17) is 10.8 Å². The Morgan fingerprint density at radius 2 is 2.00 bits per heavy atom. The fraction of sp³-hybridized carbons (Fsp3) is 0. The van der Waals surface area contributed by atoms with Gasteiger partial charge in [0.2, 0.25) is 0 Å². The second kappa shape index (κ2) is 3.89. The third-order valence-electron chi connectivity index (χ3n) is 1.86. The number of hydrogen-bond acceptors (Lipinski definition) is 6. The molecule has 0 radical (unpaired) electrons. The van der Waals surface area contributed by atoms with Crippen LogP contribution in [0.2, 0.25) is 0 Å². The number of phenolic OH excluding ortho intramolecular Hbond substituents is 1. The monoisotopic (exact) mass is 219 g/mol. The topological polar surface area (TPSA) is 117 Å². The number of aromatic nitrogens is 3. The SMILES string of the molecule is Nc1nc(=O)[nH]nc1Nc1ccc(O)cc1. The third-order valence-corrected chi connectivity index (χ3v) is 1.86. The minimum absolute atomic E-state index is 0.0109. The van der Waals surface area contributed by atoms with Crippen molar-refractivity contribution in [3.63, 3.8) is 0 Å².